The molecule has 2 rings (SSSR count). The average molecular weight is 164 g/mol. The SMILES string of the molecule is CC1=C(C)C2(C)CC1(C)CC2C. The fourth-order valence-corrected chi connectivity index (χ4v) is 3.63. The van der Waals surface area contributed by atoms with Gasteiger partial charge in [-0.1, -0.05) is 31.9 Å². The zero-order valence-electron chi connectivity index (χ0n) is 8.99. The maximum absolute atomic E-state index is 2.45. The summed E-state index contributed by atoms with van der Waals surface area (Å²) in [7, 11) is 0. The molecule has 1 fully saturated rings. The molecule has 0 heterocycles. The van der Waals surface area contributed by atoms with Gasteiger partial charge < -0.3 is 0 Å². The van der Waals surface area contributed by atoms with Gasteiger partial charge in [0.2, 0.25) is 0 Å². The van der Waals surface area contributed by atoms with Gasteiger partial charge in [0.05, 0.1) is 0 Å². The molecular weight excluding hydrogens is 144 g/mol. The van der Waals surface area contributed by atoms with Crippen LogP contribution in [0.1, 0.15) is 47.5 Å². The van der Waals surface area contributed by atoms with Crippen molar-refractivity contribution in [3.05, 3.63) is 11.1 Å². The van der Waals surface area contributed by atoms with Crippen molar-refractivity contribution in [2.24, 2.45) is 16.7 Å². The van der Waals surface area contributed by atoms with Gasteiger partial charge >= 0.3 is 0 Å². The normalized spacial score (nSPS) is 52.2. The summed E-state index contributed by atoms with van der Waals surface area (Å²) in [5.41, 5.74) is 4.46. The molecule has 68 valence electrons. The van der Waals surface area contributed by atoms with E-state index in [4.69, 9.17) is 0 Å². The van der Waals surface area contributed by atoms with Crippen LogP contribution in [0, 0.1) is 16.7 Å². The number of rotatable bonds is 0. The first-order valence-electron chi connectivity index (χ1n) is 5.08. The highest BCUT2D eigenvalue weighted by Crippen LogP contribution is 2.66. The maximum Gasteiger partial charge on any atom is -0.00822 e. The van der Waals surface area contributed by atoms with Gasteiger partial charge in [-0.15, -0.1) is 0 Å². The molecule has 0 heteroatoms. The molecular formula is C12H20. The molecule has 0 saturated heterocycles. The highest BCUT2D eigenvalue weighted by molar-refractivity contribution is 5.36. The van der Waals surface area contributed by atoms with Gasteiger partial charge in [-0.25, -0.2) is 0 Å². The minimum Gasteiger partial charge on any atom is -0.0679 e. The largest absolute Gasteiger partial charge is 0.0679 e. The molecule has 0 nitrogen and oxygen atoms in total. The predicted molar refractivity (Wildman–Crippen MR) is 53.0 cm³/mol. The molecule has 0 aromatic heterocycles. The first-order valence-corrected chi connectivity index (χ1v) is 5.08. The molecule has 3 unspecified atom stereocenters. The fourth-order valence-electron chi connectivity index (χ4n) is 3.63. The van der Waals surface area contributed by atoms with Crippen molar-refractivity contribution in [1.82, 2.24) is 0 Å². The lowest BCUT2D eigenvalue weighted by Gasteiger charge is -2.32. The number of hydrogen-bond donors (Lipinski definition) is 0. The lowest BCUT2D eigenvalue weighted by molar-refractivity contribution is 0.309. The smallest absolute Gasteiger partial charge is 0.00822 e. The molecule has 0 aliphatic heterocycles. The Morgan fingerprint density at radius 2 is 1.75 bits per heavy atom. The summed E-state index contributed by atoms with van der Waals surface area (Å²) in [5, 5.41) is 0. The van der Waals surface area contributed by atoms with Crippen LogP contribution in [0.3, 0.4) is 0 Å². The highest BCUT2D eigenvalue weighted by Gasteiger charge is 2.55. The topological polar surface area (TPSA) is 0 Å². The highest BCUT2D eigenvalue weighted by atomic mass is 14.6. The summed E-state index contributed by atoms with van der Waals surface area (Å²) in [5.74, 6) is 0.895. The second-order valence-electron chi connectivity index (χ2n) is 5.51. The number of allylic oxidation sites excluding steroid dienone is 2. The first-order chi connectivity index (χ1) is 5.40. The number of fused-ring (bicyclic) bond motifs is 2. The van der Waals surface area contributed by atoms with Gasteiger partial charge in [0.1, 0.15) is 0 Å². The minimum atomic E-state index is 0.541. The van der Waals surface area contributed by atoms with E-state index in [9.17, 15) is 0 Å². The van der Waals surface area contributed by atoms with E-state index >= 15 is 0 Å². The van der Waals surface area contributed by atoms with Gasteiger partial charge in [0.25, 0.3) is 0 Å². The van der Waals surface area contributed by atoms with E-state index in [2.05, 4.69) is 34.6 Å². The number of hydrogen-bond acceptors (Lipinski definition) is 0. The van der Waals surface area contributed by atoms with Crippen molar-refractivity contribution in [3.8, 4) is 0 Å². The third kappa shape index (κ3) is 0.694. The Labute approximate surface area is 76.1 Å². The van der Waals surface area contributed by atoms with Crippen molar-refractivity contribution in [2.75, 3.05) is 0 Å². The van der Waals surface area contributed by atoms with E-state index in [0.717, 1.165) is 5.92 Å². The van der Waals surface area contributed by atoms with Gasteiger partial charge in [0.15, 0.2) is 0 Å². The van der Waals surface area contributed by atoms with E-state index in [-0.39, 0.29) is 0 Å². The maximum atomic E-state index is 2.45. The molecule has 0 N–H and O–H groups in total. The second kappa shape index (κ2) is 1.97. The van der Waals surface area contributed by atoms with Crippen LogP contribution in [0.2, 0.25) is 0 Å². The zero-order valence-corrected chi connectivity index (χ0v) is 8.99. The van der Waals surface area contributed by atoms with Crippen LogP contribution < -0.4 is 0 Å². The summed E-state index contributed by atoms with van der Waals surface area (Å²) >= 11 is 0. The van der Waals surface area contributed by atoms with E-state index in [0.29, 0.717) is 10.8 Å². The predicted octanol–water partition coefficient (Wildman–Crippen LogP) is 3.78. The Morgan fingerprint density at radius 1 is 1.17 bits per heavy atom. The van der Waals surface area contributed by atoms with E-state index in [1.165, 1.54) is 12.8 Å². The zero-order chi connectivity index (χ0) is 9.15. The Hall–Kier alpha value is -0.260. The summed E-state index contributed by atoms with van der Waals surface area (Å²) in [6.07, 6.45) is 2.81. The standard InChI is InChI=1S/C12H20/c1-8-6-11(4)7-12(8,5)10(3)9(11)2/h8H,6-7H2,1-5H3. The summed E-state index contributed by atoms with van der Waals surface area (Å²) in [6.45, 7) is 12.0. The molecule has 0 aromatic carbocycles. The monoisotopic (exact) mass is 164 g/mol. The van der Waals surface area contributed by atoms with Crippen LogP contribution in [-0.2, 0) is 0 Å². The summed E-state index contributed by atoms with van der Waals surface area (Å²) < 4.78 is 0. The van der Waals surface area contributed by atoms with Gasteiger partial charge in [0, 0.05) is 0 Å². The second-order valence-corrected chi connectivity index (χ2v) is 5.51. The molecule has 3 atom stereocenters. The molecule has 0 spiro atoms. The molecule has 0 amide bonds. The van der Waals surface area contributed by atoms with Crippen molar-refractivity contribution in [2.45, 2.75) is 47.5 Å². The summed E-state index contributed by atoms with van der Waals surface area (Å²) in [4.78, 5) is 0. The molecule has 2 bridgehead atoms. The van der Waals surface area contributed by atoms with Crippen LogP contribution in [-0.4, -0.2) is 0 Å². The Morgan fingerprint density at radius 3 is 2.08 bits per heavy atom. The molecule has 0 radical (unpaired) electrons. The average Bonchev–Trinajstić information content (AvgIpc) is 2.29. The molecule has 0 aromatic rings. The van der Waals surface area contributed by atoms with Crippen LogP contribution in [0.4, 0.5) is 0 Å². The Kier molecular flexibility index (Phi) is 1.37. The van der Waals surface area contributed by atoms with Crippen molar-refractivity contribution in [3.63, 3.8) is 0 Å². The molecule has 2 aliphatic carbocycles. The third-order valence-corrected chi connectivity index (χ3v) is 4.93. The quantitative estimate of drug-likeness (QED) is 0.478. The van der Waals surface area contributed by atoms with E-state index in [1.807, 2.05) is 0 Å². The van der Waals surface area contributed by atoms with Crippen molar-refractivity contribution >= 4 is 0 Å². The lowest BCUT2D eigenvalue weighted by Crippen LogP contribution is -2.21. The fraction of sp³-hybridized carbons (Fsp3) is 0.833. The van der Waals surface area contributed by atoms with E-state index < -0.39 is 0 Å². The van der Waals surface area contributed by atoms with Crippen molar-refractivity contribution in [1.29, 1.82) is 0 Å². The third-order valence-electron chi connectivity index (χ3n) is 4.93. The van der Waals surface area contributed by atoms with E-state index in [1.54, 1.807) is 11.1 Å². The Balaban J connectivity index is 2.54. The molecule has 1 saturated carbocycles. The van der Waals surface area contributed by atoms with Gasteiger partial charge in [-0.05, 0) is 43.4 Å². The van der Waals surface area contributed by atoms with Gasteiger partial charge in [-0.3, -0.25) is 0 Å². The van der Waals surface area contributed by atoms with Crippen LogP contribution in [0.5, 0.6) is 0 Å². The van der Waals surface area contributed by atoms with Crippen LogP contribution in [0.25, 0.3) is 0 Å². The minimum absolute atomic E-state index is 0.541. The first kappa shape index (κ1) is 8.34. The molecule has 2 aliphatic rings. The van der Waals surface area contributed by atoms with Gasteiger partial charge in [-0.2, -0.15) is 0 Å². The van der Waals surface area contributed by atoms with Crippen LogP contribution in [0.15, 0.2) is 11.1 Å². The van der Waals surface area contributed by atoms with Crippen molar-refractivity contribution < 1.29 is 0 Å². The summed E-state index contributed by atoms with van der Waals surface area (Å²) in [6, 6.07) is 0. The van der Waals surface area contributed by atoms with Crippen LogP contribution >= 0.6 is 0 Å². The molecule has 12 heavy (non-hydrogen) atoms. The lowest BCUT2D eigenvalue weighted by atomic mass is 9.73. The Bertz CT molecular complexity index is 261.